The van der Waals surface area contributed by atoms with Gasteiger partial charge in [-0.1, -0.05) is 12.8 Å². The second-order valence-corrected chi connectivity index (χ2v) is 7.79. The van der Waals surface area contributed by atoms with Gasteiger partial charge in [0.15, 0.2) is 0 Å². The Morgan fingerprint density at radius 1 is 1.24 bits per heavy atom. The molecule has 1 fully saturated rings. The van der Waals surface area contributed by atoms with E-state index in [-0.39, 0.29) is 5.91 Å². The van der Waals surface area contributed by atoms with Crippen molar-refractivity contribution >= 4 is 33.0 Å². The molecule has 0 aliphatic heterocycles. The Balaban J connectivity index is 1.53. The van der Waals surface area contributed by atoms with Crippen molar-refractivity contribution in [1.82, 2.24) is 4.57 Å². The molecule has 5 heteroatoms. The van der Waals surface area contributed by atoms with Gasteiger partial charge in [0.1, 0.15) is 5.75 Å². The predicted molar refractivity (Wildman–Crippen MR) is 103 cm³/mol. The molecule has 25 heavy (non-hydrogen) atoms. The molecule has 4 nitrogen and oxygen atoms in total. The van der Waals surface area contributed by atoms with E-state index in [1.165, 1.54) is 30.4 Å². The zero-order valence-corrected chi connectivity index (χ0v) is 15.4. The van der Waals surface area contributed by atoms with E-state index in [4.69, 9.17) is 4.74 Å². The molecule has 1 aromatic carbocycles. The summed E-state index contributed by atoms with van der Waals surface area (Å²) in [5, 5.41) is 4.17. The van der Waals surface area contributed by atoms with Crippen molar-refractivity contribution in [2.45, 2.75) is 38.6 Å². The van der Waals surface area contributed by atoms with E-state index in [1.807, 2.05) is 31.2 Å². The van der Waals surface area contributed by atoms with Crippen LogP contribution in [0.25, 0.3) is 10.1 Å². The van der Waals surface area contributed by atoms with Crippen molar-refractivity contribution in [2.75, 3.05) is 12.4 Å². The highest BCUT2D eigenvalue weighted by molar-refractivity contribution is 7.20. The van der Waals surface area contributed by atoms with Crippen LogP contribution in [0.3, 0.4) is 0 Å². The minimum absolute atomic E-state index is 0.0538. The van der Waals surface area contributed by atoms with Gasteiger partial charge in [-0.25, -0.2) is 0 Å². The van der Waals surface area contributed by atoms with Gasteiger partial charge in [-0.05, 0) is 49.6 Å². The fourth-order valence-corrected chi connectivity index (χ4v) is 4.54. The average Bonchev–Trinajstić information content (AvgIpc) is 3.31. The summed E-state index contributed by atoms with van der Waals surface area (Å²) >= 11 is 1.56. The van der Waals surface area contributed by atoms with Crippen LogP contribution in [0.1, 0.15) is 47.0 Å². The fraction of sp³-hybridized carbons (Fsp3) is 0.350. The number of rotatable bonds is 4. The van der Waals surface area contributed by atoms with Crippen LogP contribution < -0.4 is 10.1 Å². The van der Waals surface area contributed by atoms with Crippen LogP contribution >= 0.6 is 11.3 Å². The molecular weight excluding hydrogens is 332 g/mol. The van der Waals surface area contributed by atoms with Crippen molar-refractivity contribution in [3.05, 3.63) is 47.1 Å². The number of methoxy groups -OCH3 is 1. The Kier molecular flexibility index (Phi) is 4.25. The second-order valence-electron chi connectivity index (χ2n) is 6.71. The Labute approximate surface area is 151 Å². The van der Waals surface area contributed by atoms with E-state index in [0.717, 1.165) is 27.3 Å². The predicted octanol–water partition coefficient (Wildman–Crippen LogP) is 5.39. The smallest absolute Gasteiger partial charge is 0.265 e. The van der Waals surface area contributed by atoms with Crippen LogP contribution in [0.4, 0.5) is 5.69 Å². The number of ether oxygens (including phenoxy) is 1. The summed E-state index contributed by atoms with van der Waals surface area (Å²) < 4.78 is 8.73. The van der Waals surface area contributed by atoms with Gasteiger partial charge >= 0.3 is 0 Å². The molecule has 1 aliphatic rings. The van der Waals surface area contributed by atoms with Crippen molar-refractivity contribution in [3.8, 4) is 5.75 Å². The van der Waals surface area contributed by atoms with Gasteiger partial charge in [-0.15, -0.1) is 11.3 Å². The number of carbonyl (C=O) groups is 1. The number of nitrogens with one attached hydrogen (secondary N) is 1. The first-order valence-corrected chi connectivity index (χ1v) is 9.53. The molecule has 0 unspecified atom stereocenters. The molecule has 0 bridgehead atoms. The first-order valence-electron chi connectivity index (χ1n) is 8.71. The number of amides is 1. The number of fused-ring (bicyclic) bond motifs is 1. The van der Waals surface area contributed by atoms with Crippen LogP contribution in [-0.4, -0.2) is 17.6 Å². The number of aryl methyl sites for hydroxylation is 1. The fourth-order valence-electron chi connectivity index (χ4n) is 3.57. The highest BCUT2D eigenvalue weighted by Crippen LogP contribution is 2.34. The van der Waals surface area contributed by atoms with E-state index < -0.39 is 0 Å². The van der Waals surface area contributed by atoms with E-state index in [0.29, 0.717) is 6.04 Å². The van der Waals surface area contributed by atoms with Crippen molar-refractivity contribution in [3.63, 3.8) is 0 Å². The zero-order valence-electron chi connectivity index (χ0n) is 14.5. The minimum atomic E-state index is -0.0538. The lowest BCUT2D eigenvalue weighted by Gasteiger charge is -2.10. The lowest BCUT2D eigenvalue weighted by molar-refractivity contribution is 0.103. The van der Waals surface area contributed by atoms with E-state index in [2.05, 4.69) is 22.3 Å². The SMILES string of the molecule is COc1ccc(NC(=O)c2cc3cn(C4CCCC4)cc3s2)c(C)c1. The molecule has 2 aromatic heterocycles. The highest BCUT2D eigenvalue weighted by atomic mass is 32.1. The van der Waals surface area contributed by atoms with Crippen LogP contribution in [0.2, 0.25) is 0 Å². The summed E-state index contributed by atoms with van der Waals surface area (Å²) in [6.45, 7) is 1.97. The van der Waals surface area contributed by atoms with Crippen LogP contribution in [-0.2, 0) is 0 Å². The standard InChI is InChI=1S/C20H22N2O2S/c1-13-9-16(24-2)7-8-17(13)21-20(23)18-10-14-11-22(12-19(14)25-18)15-5-3-4-6-15/h7-12,15H,3-6H2,1-2H3,(H,21,23). The van der Waals surface area contributed by atoms with Gasteiger partial charge in [0.2, 0.25) is 0 Å². The van der Waals surface area contributed by atoms with Gasteiger partial charge < -0.3 is 14.6 Å². The molecule has 4 rings (SSSR count). The average molecular weight is 354 g/mol. The van der Waals surface area contributed by atoms with Gasteiger partial charge in [0.25, 0.3) is 5.91 Å². The van der Waals surface area contributed by atoms with E-state index in [1.54, 1.807) is 18.4 Å². The minimum Gasteiger partial charge on any atom is -0.497 e. The third kappa shape index (κ3) is 3.16. The van der Waals surface area contributed by atoms with Gasteiger partial charge in [0, 0.05) is 29.5 Å². The number of nitrogens with zero attached hydrogens (tertiary/aromatic N) is 1. The Morgan fingerprint density at radius 2 is 2.04 bits per heavy atom. The molecule has 2 heterocycles. The first kappa shape index (κ1) is 16.2. The summed E-state index contributed by atoms with van der Waals surface area (Å²) in [4.78, 5) is 13.3. The maximum absolute atomic E-state index is 12.6. The summed E-state index contributed by atoms with van der Waals surface area (Å²) in [6.07, 6.45) is 9.58. The number of benzene rings is 1. The molecule has 0 saturated heterocycles. The van der Waals surface area contributed by atoms with Gasteiger partial charge in [-0.2, -0.15) is 0 Å². The first-order chi connectivity index (χ1) is 12.1. The lowest BCUT2D eigenvalue weighted by atomic mass is 10.2. The van der Waals surface area contributed by atoms with Gasteiger partial charge in [-0.3, -0.25) is 4.79 Å². The van der Waals surface area contributed by atoms with Crippen molar-refractivity contribution in [2.24, 2.45) is 0 Å². The monoisotopic (exact) mass is 354 g/mol. The maximum Gasteiger partial charge on any atom is 0.265 e. The Morgan fingerprint density at radius 3 is 2.72 bits per heavy atom. The summed E-state index contributed by atoms with van der Waals surface area (Å²) in [5.41, 5.74) is 1.81. The van der Waals surface area contributed by atoms with Crippen molar-refractivity contribution in [1.29, 1.82) is 0 Å². The number of hydrogen-bond acceptors (Lipinski definition) is 3. The molecular formula is C20H22N2O2S. The summed E-state index contributed by atoms with van der Waals surface area (Å²) in [5.74, 6) is 0.740. The number of aromatic nitrogens is 1. The Hall–Kier alpha value is -2.27. The van der Waals surface area contributed by atoms with Crippen LogP contribution in [0.5, 0.6) is 5.75 Å². The number of anilines is 1. The van der Waals surface area contributed by atoms with Gasteiger partial charge in [0.05, 0.1) is 16.7 Å². The highest BCUT2D eigenvalue weighted by Gasteiger charge is 2.19. The third-order valence-electron chi connectivity index (χ3n) is 5.00. The molecule has 3 aromatic rings. The molecule has 0 radical (unpaired) electrons. The lowest BCUT2D eigenvalue weighted by Crippen LogP contribution is -2.11. The largest absolute Gasteiger partial charge is 0.497 e. The molecule has 130 valence electrons. The molecule has 1 N–H and O–H groups in total. The third-order valence-corrected chi connectivity index (χ3v) is 6.08. The van der Waals surface area contributed by atoms with Crippen molar-refractivity contribution < 1.29 is 9.53 Å². The molecule has 0 atom stereocenters. The molecule has 1 amide bonds. The Bertz CT molecular complexity index is 888. The number of thiophene rings is 1. The maximum atomic E-state index is 12.6. The van der Waals surface area contributed by atoms with Crippen LogP contribution in [0.15, 0.2) is 36.7 Å². The molecule has 1 saturated carbocycles. The topological polar surface area (TPSA) is 43.3 Å². The number of hydrogen-bond donors (Lipinski definition) is 1. The zero-order chi connectivity index (χ0) is 17.4. The van der Waals surface area contributed by atoms with Crippen LogP contribution in [0, 0.1) is 6.92 Å². The van der Waals surface area contributed by atoms with E-state index in [9.17, 15) is 4.79 Å². The summed E-state index contributed by atoms with van der Waals surface area (Å²) in [7, 11) is 1.64. The molecule has 0 spiro atoms. The number of carbonyl (C=O) groups excluding carboxylic acids is 1. The normalized spacial score (nSPS) is 15.0. The second kappa shape index (κ2) is 6.56. The molecule has 1 aliphatic carbocycles. The van der Waals surface area contributed by atoms with E-state index >= 15 is 0 Å². The summed E-state index contributed by atoms with van der Waals surface area (Å²) in [6, 6.07) is 8.30. The quantitative estimate of drug-likeness (QED) is 0.683.